The molecule has 1 aliphatic heterocycles. The van der Waals surface area contributed by atoms with Crippen molar-refractivity contribution < 1.29 is 4.79 Å². The average Bonchev–Trinajstić information content (AvgIpc) is 2.91. The number of nitrogens with zero attached hydrogens (tertiary/aromatic N) is 2. The Balaban J connectivity index is 1.77. The lowest BCUT2D eigenvalue weighted by atomic mass is 10.0. The van der Waals surface area contributed by atoms with E-state index in [1.54, 1.807) is 11.3 Å². The number of likely N-dealkylation sites (N-methyl/N-ethyl adjacent to an activating group) is 1. The van der Waals surface area contributed by atoms with Gasteiger partial charge in [-0.3, -0.25) is 9.69 Å². The van der Waals surface area contributed by atoms with Crippen molar-refractivity contribution in [2.75, 3.05) is 26.7 Å². The van der Waals surface area contributed by atoms with Crippen LogP contribution in [0.3, 0.4) is 0 Å². The van der Waals surface area contributed by atoms with E-state index in [1.165, 1.54) is 10.4 Å². The Morgan fingerprint density at radius 2 is 2.29 bits per heavy atom. The largest absolute Gasteiger partial charge is 0.337 e. The summed E-state index contributed by atoms with van der Waals surface area (Å²) in [5.41, 5.74) is 7.38. The molecule has 0 aromatic carbocycles. The van der Waals surface area contributed by atoms with Crippen molar-refractivity contribution in [3.05, 3.63) is 21.9 Å². The molecule has 0 radical (unpaired) electrons. The van der Waals surface area contributed by atoms with Crippen LogP contribution in [0.25, 0.3) is 0 Å². The van der Waals surface area contributed by atoms with Crippen molar-refractivity contribution in [3.8, 4) is 0 Å². The van der Waals surface area contributed by atoms with Crippen LogP contribution >= 0.6 is 11.3 Å². The van der Waals surface area contributed by atoms with Gasteiger partial charge in [0.15, 0.2) is 0 Å². The molecule has 0 aliphatic carbocycles. The van der Waals surface area contributed by atoms with Crippen molar-refractivity contribution in [2.45, 2.75) is 39.3 Å². The number of hydrogen-bond acceptors (Lipinski definition) is 4. The standard InChI is InChI=1S/C16H27N3OS/c1-12(2)14(17)4-7-18(3)11-16(20)19-8-5-15-13(10-19)6-9-21-15/h6,9,12,14H,4-5,7-8,10-11,17H2,1-3H3. The minimum absolute atomic E-state index is 0.214. The van der Waals surface area contributed by atoms with Crippen LogP contribution in [0.1, 0.15) is 30.7 Å². The average molecular weight is 309 g/mol. The highest BCUT2D eigenvalue weighted by molar-refractivity contribution is 7.10. The summed E-state index contributed by atoms with van der Waals surface area (Å²) >= 11 is 1.80. The van der Waals surface area contributed by atoms with Crippen molar-refractivity contribution in [1.82, 2.24) is 9.80 Å². The van der Waals surface area contributed by atoms with Crippen LogP contribution in [-0.2, 0) is 17.8 Å². The Hall–Kier alpha value is -0.910. The fraction of sp³-hybridized carbons (Fsp3) is 0.688. The second kappa shape index (κ2) is 7.38. The second-order valence-corrected chi connectivity index (χ2v) is 7.37. The zero-order valence-corrected chi connectivity index (χ0v) is 14.2. The van der Waals surface area contributed by atoms with E-state index in [2.05, 4.69) is 30.2 Å². The molecule has 1 atom stereocenters. The monoisotopic (exact) mass is 309 g/mol. The predicted octanol–water partition coefficient (Wildman–Crippen LogP) is 1.94. The molecule has 1 unspecified atom stereocenters. The lowest BCUT2D eigenvalue weighted by Gasteiger charge is -2.29. The zero-order chi connectivity index (χ0) is 15.4. The highest BCUT2D eigenvalue weighted by atomic mass is 32.1. The summed E-state index contributed by atoms with van der Waals surface area (Å²) in [6, 6.07) is 2.36. The van der Waals surface area contributed by atoms with Gasteiger partial charge < -0.3 is 10.6 Å². The summed E-state index contributed by atoms with van der Waals surface area (Å²) in [6.07, 6.45) is 1.94. The molecule has 1 aromatic rings. The smallest absolute Gasteiger partial charge is 0.237 e. The lowest BCUT2D eigenvalue weighted by Crippen LogP contribution is -2.42. The summed E-state index contributed by atoms with van der Waals surface area (Å²) in [7, 11) is 2.00. The number of amides is 1. The van der Waals surface area contributed by atoms with Crippen LogP contribution in [-0.4, -0.2) is 48.4 Å². The van der Waals surface area contributed by atoms with Crippen molar-refractivity contribution in [2.24, 2.45) is 11.7 Å². The number of thiophene rings is 1. The summed E-state index contributed by atoms with van der Waals surface area (Å²) < 4.78 is 0. The summed E-state index contributed by atoms with van der Waals surface area (Å²) in [5.74, 6) is 0.723. The van der Waals surface area contributed by atoms with Gasteiger partial charge in [-0.2, -0.15) is 0 Å². The fourth-order valence-corrected chi connectivity index (χ4v) is 3.46. The maximum atomic E-state index is 12.4. The molecule has 1 amide bonds. The van der Waals surface area contributed by atoms with Gasteiger partial charge in [0.1, 0.15) is 0 Å². The molecule has 2 rings (SSSR count). The number of hydrogen-bond donors (Lipinski definition) is 1. The van der Waals surface area contributed by atoms with Gasteiger partial charge in [0, 0.05) is 24.0 Å². The fourth-order valence-electron chi connectivity index (χ4n) is 2.57. The van der Waals surface area contributed by atoms with Gasteiger partial charge in [0.25, 0.3) is 0 Å². The molecule has 0 saturated heterocycles. The van der Waals surface area contributed by atoms with Gasteiger partial charge in [0.2, 0.25) is 5.91 Å². The first-order valence-corrected chi connectivity index (χ1v) is 8.62. The molecule has 118 valence electrons. The Kier molecular flexibility index (Phi) is 5.79. The Bertz CT molecular complexity index is 472. The molecular formula is C16H27N3OS. The zero-order valence-electron chi connectivity index (χ0n) is 13.3. The van der Waals surface area contributed by atoms with Crippen LogP contribution in [0.5, 0.6) is 0 Å². The van der Waals surface area contributed by atoms with E-state index in [-0.39, 0.29) is 11.9 Å². The molecule has 0 bridgehead atoms. The van der Waals surface area contributed by atoms with Gasteiger partial charge in [-0.05, 0) is 49.4 Å². The summed E-state index contributed by atoms with van der Waals surface area (Å²) in [4.78, 5) is 17.9. The maximum Gasteiger partial charge on any atom is 0.237 e. The number of carbonyl (C=O) groups is 1. The minimum Gasteiger partial charge on any atom is -0.337 e. The highest BCUT2D eigenvalue weighted by Gasteiger charge is 2.22. The molecule has 4 nitrogen and oxygen atoms in total. The third-order valence-corrected chi connectivity index (χ3v) is 5.29. The molecule has 2 heterocycles. The summed E-state index contributed by atoms with van der Waals surface area (Å²) in [6.45, 7) is 7.28. The van der Waals surface area contributed by atoms with Gasteiger partial charge in [-0.1, -0.05) is 13.8 Å². The van der Waals surface area contributed by atoms with Crippen molar-refractivity contribution >= 4 is 17.2 Å². The van der Waals surface area contributed by atoms with E-state index in [4.69, 9.17) is 5.73 Å². The quantitative estimate of drug-likeness (QED) is 0.873. The first kappa shape index (κ1) is 16.5. The van der Waals surface area contributed by atoms with Crippen LogP contribution in [0.15, 0.2) is 11.4 Å². The number of carbonyl (C=O) groups excluding carboxylic acids is 1. The van der Waals surface area contributed by atoms with Crippen LogP contribution in [0, 0.1) is 5.92 Å². The molecule has 21 heavy (non-hydrogen) atoms. The van der Waals surface area contributed by atoms with E-state index in [0.29, 0.717) is 12.5 Å². The highest BCUT2D eigenvalue weighted by Crippen LogP contribution is 2.23. The number of rotatable bonds is 6. The topological polar surface area (TPSA) is 49.6 Å². The molecule has 1 aromatic heterocycles. The van der Waals surface area contributed by atoms with Crippen molar-refractivity contribution in [3.63, 3.8) is 0 Å². The SMILES string of the molecule is CC(C)C(N)CCN(C)CC(=O)N1CCc2sccc2C1. The first-order chi connectivity index (χ1) is 9.97. The molecule has 0 spiro atoms. The van der Waals surface area contributed by atoms with E-state index >= 15 is 0 Å². The van der Waals surface area contributed by atoms with Gasteiger partial charge in [-0.15, -0.1) is 11.3 Å². The van der Waals surface area contributed by atoms with Crippen LogP contribution < -0.4 is 5.73 Å². The predicted molar refractivity (Wildman–Crippen MR) is 88.4 cm³/mol. The number of fused-ring (bicyclic) bond motifs is 1. The molecule has 5 heteroatoms. The third kappa shape index (κ3) is 4.53. The number of nitrogens with two attached hydrogens (primary N) is 1. The minimum atomic E-state index is 0.214. The van der Waals surface area contributed by atoms with E-state index in [0.717, 1.165) is 32.5 Å². The van der Waals surface area contributed by atoms with Crippen molar-refractivity contribution in [1.29, 1.82) is 0 Å². The van der Waals surface area contributed by atoms with Gasteiger partial charge in [0.05, 0.1) is 6.54 Å². The lowest BCUT2D eigenvalue weighted by molar-refractivity contribution is -0.133. The van der Waals surface area contributed by atoms with Gasteiger partial charge in [-0.25, -0.2) is 0 Å². The Morgan fingerprint density at radius 3 is 3.00 bits per heavy atom. The van der Waals surface area contributed by atoms with Crippen LogP contribution in [0.4, 0.5) is 0 Å². The molecule has 0 fully saturated rings. The van der Waals surface area contributed by atoms with E-state index in [9.17, 15) is 4.79 Å². The molecular weight excluding hydrogens is 282 g/mol. The molecule has 2 N–H and O–H groups in total. The van der Waals surface area contributed by atoms with E-state index < -0.39 is 0 Å². The normalized spacial score (nSPS) is 16.4. The second-order valence-electron chi connectivity index (χ2n) is 6.37. The molecule has 1 aliphatic rings. The maximum absolute atomic E-state index is 12.4. The molecule has 0 saturated carbocycles. The van der Waals surface area contributed by atoms with Gasteiger partial charge >= 0.3 is 0 Å². The Labute approximate surface area is 131 Å². The Morgan fingerprint density at radius 1 is 1.52 bits per heavy atom. The van der Waals surface area contributed by atoms with E-state index in [1.807, 2.05) is 11.9 Å². The summed E-state index contributed by atoms with van der Waals surface area (Å²) in [5, 5.41) is 2.12. The third-order valence-electron chi connectivity index (χ3n) is 4.27. The van der Waals surface area contributed by atoms with Crippen LogP contribution in [0.2, 0.25) is 0 Å². The first-order valence-electron chi connectivity index (χ1n) is 7.74.